The van der Waals surface area contributed by atoms with Gasteiger partial charge in [-0.3, -0.25) is 9.59 Å². The molecule has 0 aliphatic heterocycles. The number of benzene rings is 1. The molecule has 1 saturated carbocycles. The largest absolute Gasteiger partial charge is 0.493 e. The Kier molecular flexibility index (Phi) is 6.02. The number of ketones is 1. The van der Waals surface area contributed by atoms with Gasteiger partial charge in [0.1, 0.15) is 0 Å². The van der Waals surface area contributed by atoms with E-state index in [9.17, 15) is 9.59 Å². The SMILES string of the molecule is COc1cc(NC(=O)CC2CCCCC2)c(C(C)=O)cc1OC. The van der Waals surface area contributed by atoms with Gasteiger partial charge in [-0.2, -0.15) is 0 Å². The number of carbonyl (C=O) groups is 2. The molecule has 126 valence electrons. The van der Waals surface area contributed by atoms with Gasteiger partial charge in [0.25, 0.3) is 0 Å². The van der Waals surface area contributed by atoms with Crippen molar-refractivity contribution in [3.05, 3.63) is 17.7 Å². The topological polar surface area (TPSA) is 64.6 Å². The van der Waals surface area contributed by atoms with Crippen molar-refractivity contribution in [1.29, 1.82) is 0 Å². The van der Waals surface area contributed by atoms with Gasteiger partial charge in [-0.05, 0) is 31.7 Å². The zero-order valence-corrected chi connectivity index (χ0v) is 14.1. The fourth-order valence-electron chi connectivity index (χ4n) is 3.13. The molecule has 0 spiro atoms. The van der Waals surface area contributed by atoms with E-state index in [-0.39, 0.29) is 11.7 Å². The minimum Gasteiger partial charge on any atom is -0.493 e. The zero-order valence-electron chi connectivity index (χ0n) is 14.1. The molecule has 2 rings (SSSR count). The van der Waals surface area contributed by atoms with Crippen LogP contribution in [0.1, 0.15) is 55.8 Å². The summed E-state index contributed by atoms with van der Waals surface area (Å²) in [5.74, 6) is 1.24. The van der Waals surface area contributed by atoms with Crippen molar-refractivity contribution < 1.29 is 19.1 Å². The molecule has 5 heteroatoms. The Balaban J connectivity index is 2.16. The number of carbonyl (C=O) groups excluding carboxylic acids is 2. The molecule has 1 aliphatic carbocycles. The highest BCUT2D eigenvalue weighted by molar-refractivity contribution is 6.04. The molecule has 1 amide bonds. The molecule has 1 aromatic rings. The van der Waals surface area contributed by atoms with Crippen LogP contribution in [0.2, 0.25) is 0 Å². The maximum absolute atomic E-state index is 12.3. The molecule has 1 fully saturated rings. The summed E-state index contributed by atoms with van der Waals surface area (Å²) in [5, 5.41) is 2.87. The number of methoxy groups -OCH3 is 2. The lowest BCUT2D eigenvalue weighted by molar-refractivity contribution is -0.117. The second kappa shape index (κ2) is 7.99. The van der Waals surface area contributed by atoms with E-state index in [1.165, 1.54) is 40.4 Å². The molecule has 23 heavy (non-hydrogen) atoms. The molecule has 1 aliphatic rings. The predicted molar refractivity (Wildman–Crippen MR) is 89.4 cm³/mol. The van der Waals surface area contributed by atoms with Crippen LogP contribution in [0.3, 0.4) is 0 Å². The van der Waals surface area contributed by atoms with Crippen LogP contribution in [0.5, 0.6) is 11.5 Å². The van der Waals surface area contributed by atoms with Gasteiger partial charge in [0, 0.05) is 18.1 Å². The minimum atomic E-state index is -0.126. The van der Waals surface area contributed by atoms with Gasteiger partial charge in [0.2, 0.25) is 5.91 Å². The van der Waals surface area contributed by atoms with E-state index < -0.39 is 0 Å². The number of hydrogen-bond acceptors (Lipinski definition) is 4. The first-order valence-electron chi connectivity index (χ1n) is 8.12. The second-order valence-electron chi connectivity index (χ2n) is 6.07. The van der Waals surface area contributed by atoms with E-state index >= 15 is 0 Å². The van der Waals surface area contributed by atoms with Gasteiger partial charge in [-0.25, -0.2) is 0 Å². The number of ether oxygens (including phenoxy) is 2. The molecular formula is C18H25NO4. The Morgan fingerprint density at radius 2 is 1.70 bits per heavy atom. The standard InChI is InChI=1S/C18H25NO4/c1-12(20)14-10-16(22-2)17(23-3)11-15(14)19-18(21)9-13-7-5-4-6-8-13/h10-11,13H,4-9H2,1-3H3,(H,19,21). The first kappa shape index (κ1) is 17.3. The third-order valence-electron chi connectivity index (χ3n) is 4.38. The predicted octanol–water partition coefficient (Wildman–Crippen LogP) is 3.82. The normalized spacial score (nSPS) is 15.1. The lowest BCUT2D eigenvalue weighted by Gasteiger charge is -2.21. The van der Waals surface area contributed by atoms with Crippen LogP contribution < -0.4 is 14.8 Å². The number of rotatable bonds is 6. The van der Waals surface area contributed by atoms with Crippen molar-refractivity contribution >= 4 is 17.4 Å². The van der Waals surface area contributed by atoms with Crippen molar-refractivity contribution in [3.8, 4) is 11.5 Å². The monoisotopic (exact) mass is 319 g/mol. The van der Waals surface area contributed by atoms with E-state index in [0.717, 1.165) is 12.8 Å². The first-order valence-corrected chi connectivity index (χ1v) is 8.12. The lowest BCUT2D eigenvalue weighted by atomic mass is 9.87. The van der Waals surface area contributed by atoms with Crippen LogP contribution in [0, 0.1) is 5.92 Å². The van der Waals surface area contributed by atoms with Gasteiger partial charge in [-0.1, -0.05) is 19.3 Å². The highest BCUT2D eigenvalue weighted by Gasteiger charge is 2.20. The number of Topliss-reactive ketones (excluding diaryl/α,β-unsaturated/α-hetero) is 1. The van der Waals surface area contributed by atoms with Crippen LogP contribution in [-0.2, 0) is 4.79 Å². The maximum Gasteiger partial charge on any atom is 0.224 e. The number of nitrogens with one attached hydrogen (secondary N) is 1. The molecule has 0 unspecified atom stereocenters. The third-order valence-corrected chi connectivity index (χ3v) is 4.38. The zero-order chi connectivity index (χ0) is 16.8. The van der Waals surface area contributed by atoms with Gasteiger partial charge < -0.3 is 14.8 Å². The van der Waals surface area contributed by atoms with Crippen LogP contribution in [0.15, 0.2) is 12.1 Å². The van der Waals surface area contributed by atoms with Crippen LogP contribution in [-0.4, -0.2) is 25.9 Å². The summed E-state index contributed by atoms with van der Waals surface area (Å²) < 4.78 is 10.5. The van der Waals surface area contributed by atoms with Crippen molar-refractivity contribution in [2.45, 2.75) is 45.4 Å². The first-order chi connectivity index (χ1) is 11.0. The highest BCUT2D eigenvalue weighted by atomic mass is 16.5. The minimum absolute atomic E-state index is 0.0494. The van der Waals surface area contributed by atoms with E-state index in [2.05, 4.69) is 5.32 Å². The molecule has 5 nitrogen and oxygen atoms in total. The highest BCUT2D eigenvalue weighted by Crippen LogP contribution is 2.34. The van der Waals surface area contributed by atoms with Crippen molar-refractivity contribution in [2.75, 3.05) is 19.5 Å². The Labute approximate surface area is 137 Å². The van der Waals surface area contributed by atoms with Crippen molar-refractivity contribution in [3.63, 3.8) is 0 Å². The molecule has 0 bridgehead atoms. The fourth-order valence-corrected chi connectivity index (χ4v) is 3.13. The average molecular weight is 319 g/mol. The average Bonchev–Trinajstić information content (AvgIpc) is 2.54. The molecule has 1 N–H and O–H groups in total. The molecule has 0 heterocycles. The number of hydrogen-bond donors (Lipinski definition) is 1. The van der Waals surface area contributed by atoms with Gasteiger partial charge >= 0.3 is 0 Å². The Bertz CT molecular complexity index is 577. The van der Waals surface area contributed by atoms with Crippen LogP contribution in [0.25, 0.3) is 0 Å². The Hall–Kier alpha value is -2.04. The summed E-state index contributed by atoms with van der Waals surface area (Å²) in [6.45, 7) is 1.47. The smallest absolute Gasteiger partial charge is 0.224 e. The van der Waals surface area contributed by atoms with Crippen LogP contribution >= 0.6 is 0 Å². The Morgan fingerprint density at radius 1 is 1.09 bits per heavy atom. The summed E-state index contributed by atoms with van der Waals surface area (Å²) in [5.41, 5.74) is 0.913. The van der Waals surface area contributed by atoms with Gasteiger partial charge in [0.15, 0.2) is 17.3 Å². The molecule has 0 radical (unpaired) electrons. The lowest BCUT2D eigenvalue weighted by Crippen LogP contribution is -2.19. The molecule has 0 aromatic heterocycles. The number of amides is 1. The van der Waals surface area contributed by atoms with Crippen molar-refractivity contribution in [2.24, 2.45) is 5.92 Å². The fraction of sp³-hybridized carbons (Fsp3) is 0.556. The van der Waals surface area contributed by atoms with Crippen LogP contribution in [0.4, 0.5) is 5.69 Å². The summed E-state index contributed by atoms with van der Waals surface area (Å²) in [7, 11) is 3.04. The Morgan fingerprint density at radius 3 is 2.26 bits per heavy atom. The molecular weight excluding hydrogens is 294 g/mol. The second-order valence-corrected chi connectivity index (χ2v) is 6.07. The maximum atomic E-state index is 12.3. The molecule has 0 saturated heterocycles. The van der Waals surface area contributed by atoms with E-state index in [1.807, 2.05) is 0 Å². The van der Waals surface area contributed by atoms with E-state index in [4.69, 9.17) is 9.47 Å². The molecule has 1 aromatic carbocycles. The van der Waals surface area contributed by atoms with E-state index in [0.29, 0.717) is 35.1 Å². The molecule has 0 atom stereocenters. The quantitative estimate of drug-likeness (QED) is 0.810. The van der Waals surface area contributed by atoms with Crippen molar-refractivity contribution in [1.82, 2.24) is 0 Å². The van der Waals surface area contributed by atoms with E-state index in [1.54, 1.807) is 12.1 Å². The summed E-state index contributed by atoms with van der Waals surface area (Å²) in [4.78, 5) is 24.2. The third kappa shape index (κ3) is 4.47. The summed E-state index contributed by atoms with van der Waals surface area (Å²) in [6, 6.07) is 3.26. The summed E-state index contributed by atoms with van der Waals surface area (Å²) in [6.07, 6.45) is 6.39. The van der Waals surface area contributed by atoms with Gasteiger partial charge in [0.05, 0.1) is 19.9 Å². The summed E-state index contributed by atoms with van der Waals surface area (Å²) >= 11 is 0. The van der Waals surface area contributed by atoms with Gasteiger partial charge in [-0.15, -0.1) is 0 Å². The number of anilines is 1.